The lowest BCUT2D eigenvalue weighted by Gasteiger charge is -2.15. The van der Waals surface area contributed by atoms with Gasteiger partial charge >= 0.3 is 0 Å². The molecule has 1 N–H and O–H groups in total. The lowest BCUT2D eigenvalue weighted by Crippen LogP contribution is -2.22. The van der Waals surface area contributed by atoms with Crippen molar-refractivity contribution in [1.82, 2.24) is 14.9 Å². The van der Waals surface area contributed by atoms with E-state index in [1.807, 2.05) is 6.92 Å². The minimum absolute atomic E-state index is 0.647. The Kier molecular flexibility index (Phi) is 4.36. The summed E-state index contributed by atoms with van der Waals surface area (Å²) in [7, 11) is 1.63. The second kappa shape index (κ2) is 6.00. The van der Waals surface area contributed by atoms with Crippen LogP contribution in [0.25, 0.3) is 0 Å². The molecule has 2 rings (SSSR count). The summed E-state index contributed by atoms with van der Waals surface area (Å²) < 4.78 is 5.19. The van der Waals surface area contributed by atoms with Gasteiger partial charge in [-0.05, 0) is 32.4 Å². The summed E-state index contributed by atoms with van der Waals surface area (Å²) in [4.78, 5) is 10.8. The van der Waals surface area contributed by atoms with E-state index in [0.29, 0.717) is 11.8 Å². The van der Waals surface area contributed by atoms with Crippen molar-refractivity contribution in [1.29, 1.82) is 0 Å². The van der Waals surface area contributed by atoms with Crippen molar-refractivity contribution in [2.45, 2.75) is 20.3 Å². The van der Waals surface area contributed by atoms with Gasteiger partial charge in [-0.3, -0.25) is 0 Å². The Labute approximate surface area is 109 Å². The van der Waals surface area contributed by atoms with Crippen LogP contribution in [0, 0.1) is 12.8 Å². The maximum Gasteiger partial charge on any atom is 0.221 e. The van der Waals surface area contributed by atoms with Crippen molar-refractivity contribution in [3.63, 3.8) is 0 Å². The number of methoxy groups -OCH3 is 1. The van der Waals surface area contributed by atoms with E-state index in [1.54, 1.807) is 13.4 Å². The molecule has 0 aromatic carbocycles. The van der Waals surface area contributed by atoms with Gasteiger partial charge < -0.3 is 15.0 Å². The van der Waals surface area contributed by atoms with Crippen LogP contribution in [0.2, 0.25) is 0 Å². The molecule has 18 heavy (non-hydrogen) atoms. The van der Waals surface area contributed by atoms with Crippen LogP contribution in [0.3, 0.4) is 0 Å². The van der Waals surface area contributed by atoms with E-state index < -0.39 is 0 Å². The summed E-state index contributed by atoms with van der Waals surface area (Å²) in [6.45, 7) is 8.72. The standard InChI is InChI=1S/C13H22N4O/c1-4-17-6-5-11(8-17)7-14-12-10(2)13(18-3)16-9-15-12/h9,11H,4-8H2,1-3H3,(H,14,15,16). The predicted octanol–water partition coefficient (Wildman–Crippen LogP) is 1.55. The Bertz CT molecular complexity index is 397. The van der Waals surface area contributed by atoms with Crippen LogP contribution in [0.5, 0.6) is 5.88 Å². The van der Waals surface area contributed by atoms with E-state index in [0.717, 1.165) is 24.5 Å². The molecule has 1 aliphatic rings. The van der Waals surface area contributed by atoms with Gasteiger partial charge in [0.2, 0.25) is 5.88 Å². The van der Waals surface area contributed by atoms with Crippen LogP contribution in [-0.2, 0) is 0 Å². The molecule has 1 atom stereocenters. The Hall–Kier alpha value is -1.36. The van der Waals surface area contributed by atoms with E-state index in [-0.39, 0.29) is 0 Å². The number of nitrogens with one attached hydrogen (secondary N) is 1. The maximum atomic E-state index is 5.19. The van der Waals surface area contributed by atoms with E-state index in [9.17, 15) is 0 Å². The zero-order chi connectivity index (χ0) is 13.0. The summed E-state index contributed by atoms with van der Waals surface area (Å²) in [5.41, 5.74) is 0.977. The molecule has 1 unspecified atom stereocenters. The Morgan fingerprint density at radius 2 is 2.33 bits per heavy atom. The number of likely N-dealkylation sites (tertiary alicyclic amines) is 1. The van der Waals surface area contributed by atoms with Gasteiger partial charge in [-0.2, -0.15) is 0 Å². The van der Waals surface area contributed by atoms with E-state index in [4.69, 9.17) is 4.74 Å². The Morgan fingerprint density at radius 1 is 1.50 bits per heavy atom. The highest BCUT2D eigenvalue weighted by Crippen LogP contribution is 2.21. The second-order valence-electron chi connectivity index (χ2n) is 4.79. The van der Waals surface area contributed by atoms with E-state index in [2.05, 4.69) is 27.1 Å². The maximum absolute atomic E-state index is 5.19. The molecule has 0 amide bonds. The van der Waals surface area contributed by atoms with Gasteiger partial charge in [0.15, 0.2) is 0 Å². The number of hydrogen-bond acceptors (Lipinski definition) is 5. The first kappa shape index (κ1) is 13.1. The highest BCUT2D eigenvalue weighted by Gasteiger charge is 2.21. The third-order valence-electron chi connectivity index (χ3n) is 3.61. The van der Waals surface area contributed by atoms with Crippen molar-refractivity contribution in [2.75, 3.05) is 38.6 Å². The van der Waals surface area contributed by atoms with Crippen LogP contribution in [-0.4, -0.2) is 48.2 Å². The summed E-state index contributed by atoms with van der Waals surface area (Å²) in [6, 6.07) is 0. The van der Waals surface area contributed by atoms with Gasteiger partial charge in [0.05, 0.1) is 12.7 Å². The molecule has 1 aliphatic heterocycles. The molecule has 5 heteroatoms. The van der Waals surface area contributed by atoms with Crippen molar-refractivity contribution in [3.8, 4) is 5.88 Å². The summed E-state index contributed by atoms with van der Waals surface area (Å²) >= 11 is 0. The summed E-state index contributed by atoms with van der Waals surface area (Å²) in [6.07, 6.45) is 2.81. The predicted molar refractivity (Wildman–Crippen MR) is 72.0 cm³/mol. The smallest absolute Gasteiger partial charge is 0.221 e. The molecule has 0 saturated carbocycles. The van der Waals surface area contributed by atoms with Gasteiger partial charge in [-0.25, -0.2) is 9.97 Å². The Balaban J connectivity index is 1.91. The Morgan fingerprint density at radius 3 is 3.00 bits per heavy atom. The monoisotopic (exact) mass is 250 g/mol. The van der Waals surface area contributed by atoms with Crippen LogP contribution in [0.1, 0.15) is 18.9 Å². The fourth-order valence-electron chi connectivity index (χ4n) is 2.43. The first-order chi connectivity index (χ1) is 8.74. The number of hydrogen-bond donors (Lipinski definition) is 1. The van der Waals surface area contributed by atoms with Gasteiger partial charge in [-0.15, -0.1) is 0 Å². The summed E-state index contributed by atoms with van der Waals surface area (Å²) in [5.74, 6) is 2.25. The fraction of sp³-hybridized carbons (Fsp3) is 0.692. The number of rotatable bonds is 5. The zero-order valence-electron chi connectivity index (χ0n) is 11.4. The average Bonchev–Trinajstić information content (AvgIpc) is 2.85. The van der Waals surface area contributed by atoms with Crippen molar-refractivity contribution in [3.05, 3.63) is 11.9 Å². The molecule has 1 aromatic heterocycles. The zero-order valence-corrected chi connectivity index (χ0v) is 11.4. The topological polar surface area (TPSA) is 50.3 Å². The average molecular weight is 250 g/mol. The first-order valence-corrected chi connectivity index (χ1v) is 6.56. The normalized spacial score (nSPS) is 20.1. The highest BCUT2D eigenvalue weighted by atomic mass is 16.5. The summed E-state index contributed by atoms with van der Waals surface area (Å²) in [5, 5.41) is 3.42. The number of aromatic nitrogens is 2. The molecule has 100 valence electrons. The molecule has 5 nitrogen and oxygen atoms in total. The van der Waals surface area contributed by atoms with Gasteiger partial charge in [0.1, 0.15) is 12.1 Å². The number of ether oxygens (including phenoxy) is 1. The first-order valence-electron chi connectivity index (χ1n) is 6.56. The third kappa shape index (κ3) is 2.90. The molecule has 0 aliphatic carbocycles. The molecule has 0 radical (unpaired) electrons. The molecular weight excluding hydrogens is 228 g/mol. The lowest BCUT2D eigenvalue weighted by molar-refractivity contribution is 0.345. The van der Waals surface area contributed by atoms with Crippen molar-refractivity contribution >= 4 is 5.82 Å². The third-order valence-corrected chi connectivity index (χ3v) is 3.61. The molecule has 2 heterocycles. The molecule has 1 aromatic rings. The highest BCUT2D eigenvalue weighted by molar-refractivity contribution is 5.47. The van der Waals surface area contributed by atoms with Gasteiger partial charge in [0, 0.05) is 13.1 Å². The lowest BCUT2D eigenvalue weighted by atomic mass is 10.1. The van der Waals surface area contributed by atoms with Crippen LogP contribution in [0.15, 0.2) is 6.33 Å². The largest absolute Gasteiger partial charge is 0.481 e. The minimum Gasteiger partial charge on any atom is -0.481 e. The van der Waals surface area contributed by atoms with Crippen LogP contribution in [0.4, 0.5) is 5.82 Å². The SMILES string of the molecule is CCN1CCC(CNc2ncnc(OC)c2C)C1. The second-order valence-corrected chi connectivity index (χ2v) is 4.79. The van der Waals surface area contributed by atoms with Crippen molar-refractivity contribution < 1.29 is 4.74 Å². The minimum atomic E-state index is 0.647. The van der Waals surface area contributed by atoms with Crippen LogP contribution >= 0.6 is 0 Å². The van der Waals surface area contributed by atoms with Gasteiger partial charge in [0.25, 0.3) is 0 Å². The van der Waals surface area contributed by atoms with Crippen molar-refractivity contribution in [2.24, 2.45) is 5.92 Å². The van der Waals surface area contributed by atoms with Crippen LogP contribution < -0.4 is 10.1 Å². The van der Waals surface area contributed by atoms with E-state index in [1.165, 1.54) is 19.5 Å². The van der Waals surface area contributed by atoms with Gasteiger partial charge in [-0.1, -0.05) is 6.92 Å². The van der Waals surface area contributed by atoms with E-state index >= 15 is 0 Å². The number of anilines is 1. The molecule has 1 fully saturated rings. The molecular formula is C13H22N4O. The molecule has 0 bridgehead atoms. The fourth-order valence-corrected chi connectivity index (χ4v) is 2.43. The molecule has 0 spiro atoms. The molecule has 1 saturated heterocycles. The number of nitrogens with zero attached hydrogens (tertiary/aromatic N) is 3. The quantitative estimate of drug-likeness (QED) is 0.859.